The van der Waals surface area contributed by atoms with Crippen molar-refractivity contribution in [3.8, 4) is 5.75 Å². The largest absolute Gasteiger partial charge is 0.507 e. The molecule has 1 saturated carbocycles. The Morgan fingerprint density at radius 1 is 1.44 bits per heavy atom. The quantitative estimate of drug-likeness (QED) is 0.927. The first-order valence-corrected chi connectivity index (χ1v) is 7.22. The molecule has 0 spiro atoms. The number of rotatable bonds is 3. The number of hydrogen-bond donors (Lipinski definition) is 1. The summed E-state index contributed by atoms with van der Waals surface area (Å²) < 4.78 is 0.811. The molecule has 18 heavy (non-hydrogen) atoms. The highest BCUT2D eigenvalue weighted by Crippen LogP contribution is 2.28. The van der Waals surface area contributed by atoms with E-state index in [0.29, 0.717) is 18.2 Å². The molecule has 2 rings (SSSR count). The highest BCUT2D eigenvalue weighted by Gasteiger charge is 2.27. The molecule has 98 valence electrons. The van der Waals surface area contributed by atoms with E-state index in [-0.39, 0.29) is 11.7 Å². The molecule has 0 bridgehead atoms. The van der Waals surface area contributed by atoms with Crippen LogP contribution in [0, 0.1) is 0 Å². The van der Waals surface area contributed by atoms with E-state index in [1.165, 1.54) is 12.8 Å². The lowest BCUT2D eigenvalue weighted by Crippen LogP contribution is -2.38. The van der Waals surface area contributed by atoms with Gasteiger partial charge < -0.3 is 10.0 Å². The molecule has 1 aliphatic rings. The zero-order chi connectivity index (χ0) is 13.1. The number of benzene rings is 1. The Kier molecular flexibility index (Phi) is 4.27. The molecule has 1 N–H and O–H groups in total. The molecular formula is C14H18BrNO2. The third-order valence-corrected chi connectivity index (χ3v) is 4.05. The molecule has 0 unspecified atom stereocenters. The van der Waals surface area contributed by atoms with Crippen LogP contribution in [0.15, 0.2) is 22.7 Å². The first-order valence-electron chi connectivity index (χ1n) is 6.43. The van der Waals surface area contributed by atoms with Crippen LogP contribution in [-0.4, -0.2) is 28.5 Å². The van der Waals surface area contributed by atoms with Crippen molar-refractivity contribution in [2.45, 2.75) is 38.6 Å². The molecule has 0 atom stereocenters. The number of hydrogen-bond acceptors (Lipinski definition) is 2. The normalized spacial score (nSPS) is 15.9. The van der Waals surface area contributed by atoms with Crippen molar-refractivity contribution in [1.82, 2.24) is 4.90 Å². The van der Waals surface area contributed by atoms with Gasteiger partial charge in [-0.15, -0.1) is 0 Å². The highest BCUT2D eigenvalue weighted by atomic mass is 79.9. The fourth-order valence-corrected chi connectivity index (χ4v) is 2.98. The fraction of sp³-hybridized carbons (Fsp3) is 0.500. The first-order chi connectivity index (χ1) is 8.63. The summed E-state index contributed by atoms with van der Waals surface area (Å²) >= 11 is 3.34. The number of carbonyl (C=O) groups is 1. The summed E-state index contributed by atoms with van der Waals surface area (Å²) in [7, 11) is 0. The van der Waals surface area contributed by atoms with Gasteiger partial charge in [0.2, 0.25) is 0 Å². The van der Waals surface area contributed by atoms with Crippen LogP contribution in [0.3, 0.4) is 0 Å². The summed E-state index contributed by atoms with van der Waals surface area (Å²) in [6.45, 7) is 2.68. The smallest absolute Gasteiger partial charge is 0.257 e. The van der Waals surface area contributed by atoms with Gasteiger partial charge in [-0.1, -0.05) is 28.8 Å². The van der Waals surface area contributed by atoms with E-state index < -0.39 is 0 Å². The predicted octanol–water partition coefficient (Wildman–Crippen LogP) is 3.56. The second-order valence-corrected chi connectivity index (χ2v) is 5.61. The average molecular weight is 312 g/mol. The van der Waals surface area contributed by atoms with Crippen molar-refractivity contribution < 1.29 is 9.90 Å². The van der Waals surface area contributed by atoms with Crippen molar-refractivity contribution in [1.29, 1.82) is 0 Å². The summed E-state index contributed by atoms with van der Waals surface area (Å²) in [4.78, 5) is 14.4. The SMILES string of the molecule is CCN(C(=O)c1cc(Br)ccc1O)C1CCCC1. The molecule has 1 fully saturated rings. The maximum absolute atomic E-state index is 12.5. The van der Waals surface area contributed by atoms with Gasteiger partial charge in [0.1, 0.15) is 5.75 Å². The monoisotopic (exact) mass is 311 g/mol. The average Bonchev–Trinajstić information content (AvgIpc) is 2.87. The molecule has 0 aromatic heterocycles. The van der Waals surface area contributed by atoms with Crippen LogP contribution in [0.1, 0.15) is 43.0 Å². The maximum atomic E-state index is 12.5. The molecule has 1 amide bonds. The third-order valence-electron chi connectivity index (χ3n) is 3.56. The lowest BCUT2D eigenvalue weighted by Gasteiger charge is -2.28. The molecule has 3 nitrogen and oxygen atoms in total. The summed E-state index contributed by atoms with van der Waals surface area (Å²) in [6, 6.07) is 5.31. The Labute approximate surface area is 116 Å². The van der Waals surface area contributed by atoms with E-state index in [2.05, 4.69) is 15.9 Å². The van der Waals surface area contributed by atoms with Gasteiger partial charge in [-0.3, -0.25) is 4.79 Å². The molecule has 1 aromatic rings. The van der Waals surface area contributed by atoms with Crippen LogP contribution in [0.5, 0.6) is 5.75 Å². The van der Waals surface area contributed by atoms with Crippen molar-refractivity contribution in [2.75, 3.05) is 6.54 Å². The molecule has 0 saturated heterocycles. The van der Waals surface area contributed by atoms with E-state index >= 15 is 0 Å². The zero-order valence-corrected chi connectivity index (χ0v) is 12.1. The van der Waals surface area contributed by atoms with Gasteiger partial charge in [0.25, 0.3) is 5.91 Å². The maximum Gasteiger partial charge on any atom is 0.257 e. The van der Waals surface area contributed by atoms with Crippen LogP contribution in [-0.2, 0) is 0 Å². The Bertz CT molecular complexity index is 441. The molecule has 1 aromatic carbocycles. The van der Waals surface area contributed by atoms with Crippen LogP contribution < -0.4 is 0 Å². The number of halogens is 1. The third kappa shape index (κ3) is 2.69. The number of aromatic hydroxyl groups is 1. The van der Waals surface area contributed by atoms with E-state index in [9.17, 15) is 9.90 Å². The van der Waals surface area contributed by atoms with E-state index in [1.54, 1.807) is 18.2 Å². The van der Waals surface area contributed by atoms with Gasteiger partial charge in [0, 0.05) is 17.1 Å². The summed E-state index contributed by atoms with van der Waals surface area (Å²) in [5.74, 6) is -0.0113. The van der Waals surface area contributed by atoms with Gasteiger partial charge in [-0.25, -0.2) is 0 Å². The minimum Gasteiger partial charge on any atom is -0.507 e. The first kappa shape index (κ1) is 13.4. The second-order valence-electron chi connectivity index (χ2n) is 4.69. The lowest BCUT2D eigenvalue weighted by molar-refractivity contribution is 0.0690. The van der Waals surface area contributed by atoms with Crippen LogP contribution >= 0.6 is 15.9 Å². The van der Waals surface area contributed by atoms with Crippen molar-refractivity contribution >= 4 is 21.8 Å². The van der Waals surface area contributed by atoms with Crippen molar-refractivity contribution in [3.05, 3.63) is 28.2 Å². The molecule has 0 radical (unpaired) electrons. The number of amides is 1. The number of phenolic OH excluding ortho intramolecular Hbond substituents is 1. The van der Waals surface area contributed by atoms with Crippen LogP contribution in [0.4, 0.5) is 0 Å². The van der Waals surface area contributed by atoms with Crippen LogP contribution in [0.2, 0.25) is 0 Å². The standard InChI is InChI=1S/C14H18BrNO2/c1-2-16(11-5-3-4-6-11)14(18)12-9-10(15)7-8-13(12)17/h7-9,11,17H,2-6H2,1H3. The Morgan fingerprint density at radius 3 is 2.72 bits per heavy atom. The summed E-state index contributed by atoms with van der Waals surface area (Å²) in [5, 5.41) is 9.82. The van der Waals surface area contributed by atoms with Gasteiger partial charge in [0.15, 0.2) is 0 Å². The summed E-state index contributed by atoms with van der Waals surface area (Å²) in [6.07, 6.45) is 4.54. The Balaban J connectivity index is 2.25. The molecule has 0 heterocycles. The van der Waals surface area contributed by atoms with Crippen LogP contribution in [0.25, 0.3) is 0 Å². The van der Waals surface area contributed by atoms with Crippen molar-refractivity contribution in [3.63, 3.8) is 0 Å². The van der Waals surface area contributed by atoms with E-state index in [4.69, 9.17) is 0 Å². The van der Waals surface area contributed by atoms with Gasteiger partial charge in [0.05, 0.1) is 5.56 Å². The fourth-order valence-electron chi connectivity index (χ4n) is 2.62. The van der Waals surface area contributed by atoms with E-state index in [0.717, 1.165) is 17.3 Å². The van der Waals surface area contributed by atoms with Gasteiger partial charge in [-0.05, 0) is 38.0 Å². The molecule has 4 heteroatoms. The lowest BCUT2D eigenvalue weighted by atomic mass is 10.1. The van der Waals surface area contributed by atoms with Crippen molar-refractivity contribution in [2.24, 2.45) is 0 Å². The van der Waals surface area contributed by atoms with Gasteiger partial charge >= 0.3 is 0 Å². The Hall–Kier alpha value is -1.03. The van der Waals surface area contributed by atoms with E-state index in [1.807, 2.05) is 11.8 Å². The number of nitrogens with zero attached hydrogens (tertiary/aromatic N) is 1. The van der Waals surface area contributed by atoms with Gasteiger partial charge in [-0.2, -0.15) is 0 Å². The molecule has 1 aliphatic carbocycles. The Morgan fingerprint density at radius 2 is 2.11 bits per heavy atom. The minimum absolute atomic E-state index is 0.0552. The predicted molar refractivity (Wildman–Crippen MR) is 74.8 cm³/mol. The summed E-state index contributed by atoms with van der Waals surface area (Å²) in [5.41, 5.74) is 0.387. The topological polar surface area (TPSA) is 40.5 Å². The highest BCUT2D eigenvalue weighted by molar-refractivity contribution is 9.10. The zero-order valence-electron chi connectivity index (χ0n) is 10.5. The minimum atomic E-state index is -0.0665. The number of carbonyl (C=O) groups excluding carboxylic acids is 1. The second kappa shape index (κ2) is 5.74. The molecule has 0 aliphatic heterocycles. The molecular weight excluding hydrogens is 294 g/mol. The number of phenols is 1.